The van der Waals surface area contributed by atoms with Crippen LogP contribution in [0.4, 0.5) is 0 Å². The van der Waals surface area contributed by atoms with E-state index in [-0.39, 0.29) is 6.10 Å². The first-order valence-electron chi connectivity index (χ1n) is 9.67. The molecule has 7 nitrogen and oxygen atoms in total. The number of hydrogen-bond acceptors (Lipinski definition) is 5. The van der Waals surface area contributed by atoms with E-state index >= 15 is 0 Å². The van der Waals surface area contributed by atoms with E-state index < -0.39 is 11.9 Å². The van der Waals surface area contributed by atoms with Crippen LogP contribution in [0.15, 0.2) is 37.1 Å². The van der Waals surface area contributed by atoms with Crippen molar-refractivity contribution in [2.45, 2.75) is 57.1 Å². The minimum absolute atomic E-state index is 0.235. The molecule has 1 saturated carbocycles. The Labute approximate surface area is 159 Å². The smallest absolute Gasteiger partial charge is 0.306 e. The summed E-state index contributed by atoms with van der Waals surface area (Å²) in [5.41, 5.74) is 6.35. The molecule has 0 saturated heterocycles. The molecule has 0 bridgehead atoms. The molecule has 0 spiro atoms. The SMILES string of the molecule is NCCCC(Cc1cn(C2CCC(Oc3ccncc3)CC2)cn1)C(=O)O. The van der Waals surface area contributed by atoms with Crippen LogP contribution < -0.4 is 10.5 Å². The maximum Gasteiger partial charge on any atom is 0.306 e. The second-order valence-corrected chi connectivity index (χ2v) is 7.21. The third-order valence-corrected chi connectivity index (χ3v) is 5.23. The summed E-state index contributed by atoms with van der Waals surface area (Å²) in [5, 5.41) is 9.37. The predicted octanol–water partition coefficient (Wildman–Crippen LogP) is 2.82. The number of carboxylic acid groups (broad SMARTS) is 1. The second-order valence-electron chi connectivity index (χ2n) is 7.21. The number of pyridine rings is 1. The second kappa shape index (κ2) is 9.50. The van der Waals surface area contributed by atoms with Crippen molar-refractivity contribution in [3.63, 3.8) is 0 Å². The normalized spacial score (nSPS) is 20.9. The molecule has 0 aliphatic heterocycles. The molecular formula is C20H28N4O3. The van der Waals surface area contributed by atoms with Gasteiger partial charge >= 0.3 is 5.97 Å². The van der Waals surface area contributed by atoms with Gasteiger partial charge in [0.2, 0.25) is 0 Å². The summed E-state index contributed by atoms with van der Waals surface area (Å²) in [6, 6.07) is 4.17. The van der Waals surface area contributed by atoms with Crippen molar-refractivity contribution in [2.24, 2.45) is 11.7 Å². The van der Waals surface area contributed by atoms with Crippen LogP contribution in [0.3, 0.4) is 0 Å². The van der Waals surface area contributed by atoms with E-state index in [1.807, 2.05) is 24.7 Å². The molecule has 2 aromatic heterocycles. The molecule has 1 unspecified atom stereocenters. The highest BCUT2D eigenvalue weighted by atomic mass is 16.5. The number of rotatable bonds is 9. The van der Waals surface area contributed by atoms with Gasteiger partial charge in [0, 0.05) is 31.1 Å². The number of ether oxygens (including phenoxy) is 1. The summed E-state index contributed by atoms with van der Waals surface area (Å²) >= 11 is 0. The Morgan fingerprint density at radius 3 is 2.70 bits per heavy atom. The van der Waals surface area contributed by atoms with Gasteiger partial charge in [-0.3, -0.25) is 9.78 Å². The molecule has 2 aromatic rings. The third kappa shape index (κ3) is 5.53. The van der Waals surface area contributed by atoms with Gasteiger partial charge in [-0.25, -0.2) is 4.98 Å². The predicted molar refractivity (Wildman–Crippen MR) is 102 cm³/mol. The number of aliphatic carboxylic acids is 1. The van der Waals surface area contributed by atoms with Crippen LogP contribution in [0.1, 0.15) is 50.3 Å². The first kappa shape index (κ1) is 19.4. The van der Waals surface area contributed by atoms with Gasteiger partial charge in [-0.05, 0) is 57.2 Å². The zero-order valence-electron chi connectivity index (χ0n) is 15.5. The molecule has 3 rings (SSSR count). The zero-order chi connectivity index (χ0) is 19.1. The number of imidazole rings is 1. The van der Waals surface area contributed by atoms with Crippen LogP contribution in [0, 0.1) is 5.92 Å². The van der Waals surface area contributed by atoms with E-state index in [0.717, 1.165) is 43.5 Å². The van der Waals surface area contributed by atoms with E-state index in [0.29, 0.717) is 25.4 Å². The van der Waals surface area contributed by atoms with Crippen molar-refractivity contribution in [2.75, 3.05) is 6.54 Å². The quantitative estimate of drug-likeness (QED) is 0.701. The topological polar surface area (TPSA) is 103 Å². The standard InChI is InChI=1S/C20H28N4O3/c21-9-1-2-15(20(25)26)12-16-13-24(14-23-16)17-3-5-18(6-4-17)27-19-7-10-22-11-8-19/h7-8,10-11,13-15,17-18H,1-6,9,12,21H2,(H,25,26). The molecule has 1 aliphatic carbocycles. The molecule has 146 valence electrons. The molecule has 0 amide bonds. The highest BCUT2D eigenvalue weighted by Crippen LogP contribution is 2.31. The number of hydrogen-bond donors (Lipinski definition) is 2. The molecule has 1 atom stereocenters. The van der Waals surface area contributed by atoms with Crippen LogP contribution in [0.5, 0.6) is 5.75 Å². The van der Waals surface area contributed by atoms with Crippen LogP contribution in [-0.4, -0.2) is 38.3 Å². The molecule has 3 N–H and O–H groups in total. The average Bonchev–Trinajstić information content (AvgIpc) is 3.15. The lowest BCUT2D eigenvalue weighted by Crippen LogP contribution is -2.25. The number of aromatic nitrogens is 3. The fraction of sp³-hybridized carbons (Fsp3) is 0.550. The van der Waals surface area contributed by atoms with Crippen LogP contribution >= 0.6 is 0 Å². The molecule has 27 heavy (non-hydrogen) atoms. The third-order valence-electron chi connectivity index (χ3n) is 5.23. The van der Waals surface area contributed by atoms with Crippen LogP contribution in [-0.2, 0) is 11.2 Å². The van der Waals surface area contributed by atoms with E-state index in [1.165, 1.54) is 0 Å². The lowest BCUT2D eigenvalue weighted by Gasteiger charge is -2.29. The summed E-state index contributed by atoms with van der Waals surface area (Å²) in [6.45, 7) is 0.517. The van der Waals surface area contributed by atoms with Gasteiger partial charge < -0.3 is 20.1 Å². The number of carboxylic acids is 1. The molecule has 7 heteroatoms. The number of carbonyl (C=O) groups is 1. The summed E-state index contributed by atoms with van der Waals surface area (Å²) in [7, 11) is 0. The Morgan fingerprint density at radius 1 is 1.30 bits per heavy atom. The van der Waals surface area contributed by atoms with E-state index in [2.05, 4.69) is 14.5 Å². The molecule has 0 radical (unpaired) electrons. The van der Waals surface area contributed by atoms with Crippen LogP contribution in [0.25, 0.3) is 0 Å². The fourth-order valence-electron chi connectivity index (χ4n) is 3.68. The molecule has 0 aromatic carbocycles. The van der Waals surface area contributed by atoms with Gasteiger partial charge in [-0.2, -0.15) is 0 Å². The van der Waals surface area contributed by atoms with Crippen molar-refractivity contribution in [3.05, 3.63) is 42.7 Å². The summed E-state index contributed by atoms with van der Waals surface area (Å²) in [4.78, 5) is 19.9. The van der Waals surface area contributed by atoms with Crippen molar-refractivity contribution in [1.82, 2.24) is 14.5 Å². The van der Waals surface area contributed by atoms with Gasteiger partial charge in [0.25, 0.3) is 0 Å². The van der Waals surface area contributed by atoms with E-state index in [4.69, 9.17) is 10.5 Å². The number of nitrogens with zero attached hydrogens (tertiary/aromatic N) is 3. The maximum atomic E-state index is 11.4. The number of nitrogens with two attached hydrogens (primary N) is 1. The van der Waals surface area contributed by atoms with Crippen molar-refractivity contribution < 1.29 is 14.6 Å². The van der Waals surface area contributed by atoms with Gasteiger partial charge in [0.15, 0.2) is 0 Å². The summed E-state index contributed by atoms with van der Waals surface area (Å²) in [6.07, 6.45) is 13.4. The summed E-state index contributed by atoms with van der Waals surface area (Å²) < 4.78 is 8.16. The van der Waals surface area contributed by atoms with E-state index in [9.17, 15) is 9.90 Å². The zero-order valence-corrected chi connectivity index (χ0v) is 15.5. The highest BCUT2D eigenvalue weighted by Gasteiger charge is 2.24. The Kier molecular flexibility index (Phi) is 6.81. The van der Waals surface area contributed by atoms with Crippen molar-refractivity contribution in [3.8, 4) is 5.75 Å². The van der Waals surface area contributed by atoms with Gasteiger partial charge in [0.1, 0.15) is 5.75 Å². The first-order chi connectivity index (χ1) is 13.2. The maximum absolute atomic E-state index is 11.4. The van der Waals surface area contributed by atoms with Crippen LogP contribution in [0.2, 0.25) is 0 Å². The Balaban J connectivity index is 1.51. The van der Waals surface area contributed by atoms with Crippen molar-refractivity contribution in [1.29, 1.82) is 0 Å². The van der Waals surface area contributed by atoms with Crippen molar-refractivity contribution >= 4 is 5.97 Å². The first-order valence-corrected chi connectivity index (χ1v) is 9.67. The largest absolute Gasteiger partial charge is 0.490 e. The fourth-order valence-corrected chi connectivity index (χ4v) is 3.68. The average molecular weight is 372 g/mol. The minimum Gasteiger partial charge on any atom is -0.490 e. The molecule has 1 aliphatic rings. The lowest BCUT2D eigenvalue weighted by molar-refractivity contribution is -0.142. The Hall–Kier alpha value is -2.41. The van der Waals surface area contributed by atoms with E-state index in [1.54, 1.807) is 12.4 Å². The monoisotopic (exact) mass is 372 g/mol. The van der Waals surface area contributed by atoms with Gasteiger partial charge in [0.05, 0.1) is 24.0 Å². The van der Waals surface area contributed by atoms with Gasteiger partial charge in [-0.15, -0.1) is 0 Å². The highest BCUT2D eigenvalue weighted by molar-refractivity contribution is 5.70. The minimum atomic E-state index is -0.772. The Morgan fingerprint density at radius 2 is 2.04 bits per heavy atom. The molecular weight excluding hydrogens is 344 g/mol. The molecule has 2 heterocycles. The summed E-state index contributed by atoms with van der Waals surface area (Å²) in [5.74, 6) is -0.316. The molecule has 1 fully saturated rings. The van der Waals surface area contributed by atoms with Gasteiger partial charge in [-0.1, -0.05) is 0 Å². The lowest BCUT2D eigenvalue weighted by atomic mass is 9.92. The Bertz CT molecular complexity index is 711.